The lowest BCUT2D eigenvalue weighted by Crippen LogP contribution is -2.22. The van der Waals surface area contributed by atoms with Crippen LogP contribution in [0.15, 0.2) is 10.7 Å². The Labute approximate surface area is 105 Å². The molecule has 92 valence electrons. The monoisotopic (exact) mass is 289 g/mol. The van der Waals surface area contributed by atoms with Crippen LogP contribution in [0, 0.1) is 0 Å². The second kappa shape index (κ2) is 7.81. The fraction of sp³-hybridized carbons (Fsp3) is 0.727. The molecule has 0 atom stereocenters. The molecule has 0 aromatic carbocycles. The summed E-state index contributed by atoms with van der Waals surface area (Å²) in [6.07, 6.45) is 3.97. The van der Waals surface area contributed by atoms with Crippen molar-refractivity contribution in [3.8, 4) is 0 Å². The summed E-state index contributed by atoms with van der Waals surface area (Å²) >= 11 is 3.53. The van der Waals surface area contributed by atoms with E-state index in [1.165, 1.54) is 5.69 Å². The van der Waals surface area contributed by atoms with Gasteiger partial charge in [0.1, 0.15) is 0 Å². The van der Waals surface area contributed by atoms with Crippen molar-refractivity contribution < 1.29 is 4.74 Å². The standard InChI is InChI=1S/C11H20BrN3O/c1-3-7-15-11(10(12)9-14-15)4-5-13-6-8-16-2/h9,13H,3-8H2,1-2H3. The Hall–Kier alpha value is -0.390. The predicted molar refractivity (Wildman–Crippen MR) is 68.7 cm³/mol. The molecule has 0 aliphatic carbocycles. The normalized spacial score (nSPS) is 10.9. The fourth-order valence-electron chi connectivity index (χ4n) is 1.55. The second-order valence-corrected chi connectivity index (χ2v) is 4.51. The molecule has 1 N–H and O–H groups in total. The van der Waals surface area contributed by atoms with Gasteiger partial charge in [-0.1, -0.05) is 6.92 Å². The van der Waals surface area contributed by atoms with Crippen LogP contribution in [0.4, 0.5) is 0 Å². The van der Waals surface area contributed by atoms with Crippen molar-refractivity contribution in [2.24, 2.45) is 0 Å². The highest BCUT2D eigenvalue weighted by atomic mass is 79.9. The second-order valence-electron chi connectivity index (χ2n) is 3.66. The van der Waals surface area contributed by atoms with Crippen LogP contribution < -0.4 is 5.32 Å². The van der Waals surface area contributed by atoms with E-state index < -0.39 is 0 Å². The first-order valence-corrected chi connectivity index (χ1v) is 6.48. The largest absolute Gasteiger partial charge is 0.383 e. The number of hydrogen-bond acceptors (Lipinski definition) is 3. The molecule has 1 heterocycles. The zero-order valence-corrected chi connectivity index (χ0v) is 11.6. The van der Waals surface area contributed by atoms with E-state index in [-0.39, 0.29) is 0 Å². The minimum absolute atomic E-state index is 0.759. The summed E-state index contributed by atoms with van der Waals surface area (Å²) in [5.74, 6) is 0. The number of aryl methyl sites for hydroxylation is 1. The molecule has 16 heavy (non-hydrogen) atoms. The van der Waals surface area contributed by atoms with Gasteiger partial charge in [-0.15, -0.1) is 0 Å². The fourth-order valence-corrected chi connectivity index (χ4v) is 2.04. The van der Waals surface area contributed by atoms with Crippen molar-refractivity contribution >= 4 is 15.9 Å². The molecule has 0 saturated heterocycles. The molecule has 0 aliphatic heterocycles. The molecule has 4 nitrogen and oxygen atoms in total. The first-order chi connectivity index (χ1) is 7.79. The molecule has 0 spiro atoms. The highest BCUT2D eigenvalue weighted by Crippen LogP contribution is 2.16. The van der Waals surface area contributed by atoms with Crippen LogP contribution in [-0.2, 0) is 17.7 Å². The summed E-state index contributed by atoms with van der Waals surface area (Å²) in [7, 11) is 1.72. The molecule has 1 aromatic rings. The zero-order chi connectivity index (χ0) is 11.8. The minimum Gasteiger partial charge on any atom is -0.383 e. The third-order valence-corrected chi connectivity index (χ3v) is 3.02. The Morgan fingerprint density at radius 1 is 1.50 bits per heavy atom. The summed E-state index contributed by atoms with van der Waals surface area (Å²) in [4.78, 5) is 0. The van der Waals surface area contributed by atoms with Gasteiger partial charge in [0.25, 0.3) is 0 Å². The number of ether oxygens (including phenoxy) is 1. The van der Waals surface area contributed by atoms with Crippen LogP contribution in [0.3, 0.4) is 0 Å². The van der Waals surface area contributed by atoms with E-state index in [0.717, 1.165) is 43.6 Å². The van der Waals surface area contributed by atoms with Gasteiger partial charge >= 0.3 is 0 Å². The van der Waals surface area contributed by atoms with Gasteiger partial charge in [-0.05, 0) is 22.4 Å². The van der Waals surface area contributed by atoms with E-state index in [0.29, 0.717) is 0 Å². The van der Waals surface area contributed by atoms with E-state index in [9.17, 15) is 0 Å². The van der Waals surface area contributed by atoms with Gasteiger partial charge in [-0.25, -0.2) is 0 Å². The maximum absolute atomic E-state index is 4.98. The molecule has 0 bridgehead atoms. The van der Waals surface area contributed by atoms with Crippen LogP contribution in [0.1, 0.15) is 19.0 Å². The molecule has 5 heteroatoms. The SMILES string of the molecule is CCCn1ncc(Br)c1CCNCCOC. The molecule has 1 rings (SSSR count). The smallest absolute Gasteiger partial charge is 0.0635 e. The highest BCUT2D eigenvalue weighted by molar-refractivity contribution is 9.10. The molecule has 0 aliphatic rings. The van der Waals surface area contributed by atoms with Gasteiger partial charge in [0, 0.05) is 33.2 Å². The molecule has 0 saturated carbocycles. The molecule has 0 unspecified atom stereocenters. The summed E-state index contributed by atoms with van der Waals surface area (Å²) in [6.45, 7) is 5.76. The summed E-state index contributed by atoms with van der Waals surface area (Å²) < 4.78 is 8.15. The highest BCUT2D eigenvalue weighted by Gasteiger charge is 2.07. The lowest BCUT2D eigenvalue weighted by molar-refractivity contribution is 0.199. The Morgan fingerprint density at radius 3 is 3.00 bits per heavy atom. The minimum atomic E-state index is 0.759. The maximum atomic E-state index is 4.98. The first-order valence-electron chi connectivity index (χ1n) is 5.69. The molecule has 0 radical (unpaired) electrons. The van der Waals surface area contributed by atoms with E-state index >= 15 is 0 Å². The van der Waals surface area contributed by atoms with Crippen LogP contribution in [-0.4, -0.2) is 36.6 Å². The summed E-state index contributed by atoms with van der Waals surface area (Å²) in [5.41, 5.74) is 1.27. The van der Waals surface area contributed by atoms with Crippen LogP contribution in [0.25, 0.3) is 0 Å². The van der Waals surface area contributed by atoms with E-state index in [4.69, 9.17) is 4.74 Å². The Bertz CT molecular complexity index is 301. The van der Waals surface area contributed by atoms with Crippen LogP contribution >= 0.6 is 15.9 Å². The third kappa shape index (κ3) is 4.23. The van der Waals surface area contributed by atoms with Gasteiger partial charge in [-0.2, -0.15) is 5.10 Å². The third-order valence-electron chi connectivity index (χ3n) is 2.35. The number of methoxy groups -OCH3 is 1. The van der Waals surface area contributed by atoms with Crippen molar-refractivity contribution in [3.05, 3.63) is 16.4 Å². The van der Waals surface area contributed by atoms with Crippen molar-refractivity contribution in [3.63, 3.8) is 0 Å². The van der Waals surface area contributed by atoms with E-state index in [1.807, 2.05) is 6.20 Å². The number of nitrogens with zero attached hydrogens (tertiary/aromatic N) is 2. The number of nitrogens with one attached hydrogen (secondary N) is 1. The summed E-state index contributed by atoms with van der Waals surface area (Å²) in [6, 6.07) is 0. The molecule has 0 amide bonds. The summed E-state index contributed by atoms with van der Waals surface area (Å²) in [5, 5.41) is 7.67. The van der Waals surface area contributed by atoms with Gasteiger partial charge in [-0.3, -0.25) is 4.68 Å². The number of halogens is 1. The lowest BCUT2D eigenvalue weighted by atomic mass is 10.3. The molecular formula is C11H20BrN3O. The van der Waals surface area contributed by atoms with Crippen molar-refractivity contribution in [1.29, 1.82) is 0 Å². The van der Waals surface area contributed by atoms with Gasteiger partial charge in [0.2, 0.25) is 0 Å². The van der Waals surface area contributed by atoms with Gasteiger partial charge in [0.05, 0.1) is 23.0 Å². The predicted octanol–water partition coefficient (Wildman–Crippen LogP) is 1.83. The van der Waals surface area contributed by atoms with Crippen molar-refractivity contribution in [2.75, 3.05) is 26.8 Å². The van der Waals surface area contributed by atoms with Gasteiger partial charge < -0.3 is 10.1 Å². The van der Waals surface area contributed by atoms with Gasteiger partial charge in [0.15, 0.2) is 0 Å². The number of hydrogen-bond donors (Lipinski definition) is 1. The molecule has 0 fully saturated rings. The zero-order valence-electron chi connectivity index (χ0n) is 10.0. The Kier molecular flexibility index (Phi) is 6.68. The number of aromatic nitrogens is 2. The van der Waals surface area contributed by atoms with Crippen LogP contribution in [0.2, 0.25) is 0 Å². The van der Waals surface area contributed by atoms with E-state index in [1.54, 1.807) is 7.11 Å². The van der Waals surface area contributed by atoms with Crippen LogP contribution in [0.5, 0.6) is 0 Å². The topological polar surface area (TPSA) is 39.1 Å². The average molecular weight is 290 g/mol. The Morgan fingerprint density at radius 2 is 2.31 bits per heavy atom. The quantitative estimate of drug-likeness (QED) is 0.742. The molecular weight excluding hydrogens is 270 g/mol. The molecule has 1 aromatic heterocycles. The first kappa shape index (κ1) is 13.7. The lowest BCUT2D eigenvalue weighted by Gasteiger charge is -2.07. The van der Waals surface area contributed by atoms with Crippen molar-refractivity contribution in [2.45, 2.75) is 26.3 Å². The number of rotatable bonds is 8. The van der Waals surface area contributed by atoms with E-state index in [2.05, 4.69) is 38.0 Å². The Balaban J connectivity index is 2.36. The average Bonchev–Trinajstić information content (AvgIpc) is 2.61. The van der Waals surface area contributed by atoms with Crippen molar-refractivity contribution in [1.82, 2.24) is 15.1 Å². The maximum Gasteiger partial charge on any atom is 0.0635 e.